The standard InChI is InChI=1S/C24H18ClN3O2/c25-20-6-7-21-22(10-20)27-23(17-4-5-18-13-30-14-19(18)9-17)28(24(21)29)12-16-3-1-2-15(8-16)11-26/h1-10,13-14H,11-12,26H2. The highest BCUT2D eigenvalue weighted by Gasteiger charge is 2.15. The molecule has 0 radical (unpaired) electrons. The summed E-state index contributed by atoms with van der Waals surface area (Å²) < 4.78 is 7.00. The minimum absolute atomic E-state index is 0.114. The molecule has 2 heterocycles. The summed E-state index contributed by atoms with van der Waals surface area (Å²) in [6, 6.07) is 19.0. The quantitative estimate of drug-likeness (QED) is 0.449. The molecule has 5 rings (SSSR count). The third kappa shape index (κ3) is 3.28. The molecule has 0 aliphatic carbocycles. The second kappa shape index (κ2) is 7.44. The molecule has 0 spiro atoms. The fraction of sp³-hybridized carbons (Fsp3) is 0.0833. The highest BCUT2D eigenvalue weighted by Crippen LogP contribution is 2.26. The Morgan fingerprint density at radius 2 is 1.80 bits per heavy atom. The number of halogens is 1. The molecule has 30 heavy (non-hydrogen) atoms. The Hall–Kier alpha value is -3.41. The normalized spacial score (nSPS) is 11.4. The number of benzene rings is 3. The van der Waals surface area contributed by atoms with Crippen molar-refractivity contribution >= 4 is 33.3 Å². The molecule has 5 nitrogen and oxygen atoms in total. The van der Waals surface area contributed by atoms with E-state index in [0.29, 0.717) is 34.8 Å². The SMILES string of the molecule is NCc1cccc(Cn2c(-c3ccc4cocc4c3)nc3cc(Cl)ccc3c2=O)c1. The van der Waals surface area contributed by atoms with Gasteiger partial charge in [0.15, 0.2) is 0 Å². The van der Waals surface area contributed by atoms with Crippen molar-refractivity contribution in [2.45, 2.75) is 13.1 Å². The Morgan fingerprint density at radius 1 is 0.967 bits per heavy atom. The first-order valence-electron chi connectivity index (χ1n) is 9.57. The minimum Gasteiger partial charge on any atom is -0.471 e. The third-order valence-electron chi connectivity index (χ3n) is 5.22. The highest BCUT2D eigenvalue weighted by molar-refractivity contribution is 6.31. The highest BCUT2D eigenvalue weighted by atomic mass is 35.5. The molecule has 148 valence electrons. The monoisotopic (exact) mass is 415 g/mol. The fourth-order valence-corrected chi connectivity index (χ4v) is 3.87. The average molecular weight is 416 g/mol. The van der Waals surface area contributed by atoms with Gasteiger partial charge in [-0.05, 0) is 35.4 Å². The molecule has 3 aromatic carbocycles. The van der Waals surface area contributed by atoms with Gasteiger partial charge in [-0.25, -0.2) is 4.98 Å². The first kappa shape index (κ1) is 18.6. The number of rotatable bonds is 4. The number of fused-ring (bicyclic) bond motifs is 2. The van der Waals surface area contributed by atoms with E-state index in [9.17, 15) is 4.79 Å². The lowest BCUT2D eigenvalue weighted by Gasteiger charge is -2.15. The van der Waals surface area contributed by atoms with Crippen LogP contribution in [0.3, 0.4) is 0 Å². The lowest BCUT2D eigenvalue weighted by molar-refractivity contribution is 0.572. The van der Waals surface area contributed by atoms with Gasteiger partial charge in [-0.15, -0.1) is 0 Å². The Morgan fingerprint density at radius 3 is 2.67 bits per heavy atom. The minimum atomic E-state index is -0.114. The summed E-state index contributed by atoms with van der Waals surface area (Å²) in [6.45, 7) is 0.832. The lowest BCUT2D eigenvalue weighted by atomic mass is 10.1. The van der Waals surface area contributed by atoms with E-state index in [1.165, 1.54) is 0 Å². The van der Waals surface area contributed by atoms with Crippen LogP contribution in [0.25, 0.3) is 33.1 Å². The molecule has 5 aromatic rings. The topological polar surface area (TPSA) is 74.1 Å². The average Bonchev–Trinajstić information content (AvgIpc) is 3.23. The van der Waals surface area contributed by atoms with Gasteiger partial charge in [-0.1, -0.05) is 48.0 Å². The molecule has 0 saturated heterocycles. The number of hydrogen-bond acceptors (Lipinski definition) is 4. The first-order chi connectivity index (χ1) is 14.6. The zero-order valence-electron chi connectivity index (χ0n) is 16.0. The molecule has 2 aromatic heterocycles. The lowest BCUT2D eigenvalue weighted by Crippen LogP contribution is -2.24. The third-order valence-corrected chi connectivity index (χ3v) is 5.46. The van der Waals surface area contributed by atoms with Gasteiger partial charge in [0.1, 0.15) is 5.82 Å². The second-order valence-corrected chi connectivity index (χ2v) is 7.66. The van der Waals surface area contributed by atoms with Gasteiger partial charge in [-0.3, -0.25) is 9.36 Å². The Kier molecular flexibility index (Phi) is 4.62. The number of aromatic nitrogens is 2. The molecule has 0 saturated carbocycles. The van der Waals surface area contributed by atoms with Crippen LogP contribution < -0.4 is 11.3 Å². The van der Waals surface area contributed by atoms with Crippen molar-refractivity contribution in [2.75, 3.05) is 0 Å². The zero-order chi connectivity index (χ0) is 20.7. The number of furan rings is 1. The smallest absolute Gasteiger partial charge is 0.261 e. The summed E-state index contributed by atoms with van der Waals surface area (Å²) in [5, 5.41) is 3.01. The molecule has 0 atom stereocenters. The molecule has 0 bridgehead atoms. The maximum Gasteiger partial charge on any atom is 0.261 e. The van der Waals surface area contributed by atoms with E-state index in [2.05, 4.69) is 0 Å². The van der Waals surface area contributed by atoms with E-state index in [4.69, 9.17) is 26.7 Å². The van der Waals surface area contributed by atoms with E-state index < -0.39 is 0 Å². The number of nitrogens with zero attached hydrogens (tertiary/aromatic N) is 2. The first-order valence-corrected chi connectivity index (χ1v) is 9.94. The van der Waals surface area contributed by atoms with Crippen molar-refractivity contribution in [2.24, 2.45) is 5.73 Å². The summed E-state index contributed by atoms with van der Waals surface area (Å²) in [6.07, 6.45) is 3.38. The van der Waals surface area contributed by atoms with Gasteiger partial charge in [-0.2, -0.15) is 0 Å². The second-order valence-electron chi connectivity index (χ2n) is 7.23. The van der Waals surface area contributed by atoms with Crippen LogP contribution in [0.4, 0.5) is 0 Å². The largest absolute Gasteiger partial charge is 0.471 e. The molecule has 0 unspecified atom stereocenters. The van der Waals surface area contributed by atoms with Crippen molar-refractivity contribution < 1.29 is 4.42 Å². The number of hydrogen-bond donors (Lipinski definition) is 1. The molecule has 0 amide bonds. The van der Waals surface area contributed by atoms with Crippen molar-refractivity contribution in [1.29, 1.82) is 0 Å². The molecular formula is C24H18ClN3O2. The summed E-state index contributed by atoms with van der Waals surface area (Å²) >= 11 is 6.16. The van der Waals surface area contributed by atoms with Crippen LogP contribution in [0, 0.1) is 0 Å². The van der Waals surface area contributed by atoms with Crippen molar-refractivity contribution in [3.05, 3.63) is 99.7 Å². The van der Waals surface area contributed by atoms with Crippen LogP contribution in [-0.2, 0) is 13.1 Å². The van der Waals surface area contributed by atoms with E-state index in [0.717, 1.165) is 27.5 Å². The fourth-order valence-electron chi connectivity index (χ4n) is 3.70. The molecular weight excluding hydrogens is 398 g/mol. The Balaban J connectivity index is 1.75. The van der Waals surface area contributed by atoms with Gasteiger partial charge in [0.25, 0.3) is 5.56 Å². The summed E-state index contributed by atoms with van der Waals surface area (Å²) in [5.74, 6) is 0.580. The van der Waals surface area contributed by atoms with Gasteiger partial charge >= 0.3 is 0 Å². The molecule has 0 aliphatic heterocycles. The maximum atomic E-state index is 13.4. The van der Waals surface area contributed by atoms with Crippen LogP contribution in [0.15, 0.2) is 82.4 Å². The molecule has 0 aliphatic rings. The molecule has 6 heteroatoms. The summed E-state index contributed by atoms with van der Waals surface area (Å²) in [7, 11) is 0. The van der Waals surface area contributed by atoms with Crippen LogP contribution in [0.5, 0.6) is 0 Å². The van der Waals surface area contributed by atoms with E-state index in [1.807, 2.05) is 42.5 Å². The van der Waals surface area contributed by atoms with Gasteiger partial charge in [0.2, 0.25) is 0 Å². The predicted octanol–water partition coefficient (Wildman–Crippen LogP) is 4.97. The maximum absolute atomic E-state index is 13.4. The van der Waals surface area contributed by atoms with E-state index >= 15 is 0 Å². The van der Waals surface area contributed by atoms with Crippen LogP contribution in [-0.4, -0.2) is 9.55 Å². The van der Waals surface area contributed by atoms with Crippen molar-refractivity contribution in [3.63, 3.8) is 0 Å². The Bertz CT molecular complexity index is 1450. The van der Waals surface area contributed by atoms with E-state index in [1.54, 1.807) is 35.3 Å². The molecule has 0 fully saturated rings. The van der Waals surface area contributed by atoms with Crippen molar-refractivity contribution in [1.82, 2.24) is 9.55 Å². The van der Waals surface area contributed by atoms with Gasteiger partial charge in [0.05, 0.1) is 30.0 Å². The van der Waals surface area contributed by atoms with Crippen LogP contribution in [0.2, 0.25) is 5.02 Å². The molecule has 2 N–H and O–H groups in total. The van der Waals surface area contributed by atoms with E-state index in [-0.39, 0.29) is 5.56 Å². The number of nitrogens with two attached hydrogens (primary N) is 1. The van der Waals surface area contributed by atoms with Gasteiger partial charge in [0, 0.05) is 27.9 Å². The summed E-state index contributed by atoms with van der Waals surface area (Å²) in [4.78, 5) is 18.3. The van der Waals surface area contributed by atoms with Crippen LogP contribution in [0.1, 0.15) is 11.1 Å². The predicted molar refractivity (Wildman–Crippen MR) is 120 cm³/mol. The summed E-state index contributed by atoms with van der Waals surface area (Å²) in [5.41, 5.74) is 9.08. The van der Waals surface area contributed by atoms with Crippen LogP contribution >= 0.6 is 11.6 Å². The Labute approximate surface area is 177 Å². The van der Waals surface area contributed by atoms with Gasteiger partial charge < -0.3 is 10.2 Å². The zero-order valence-corrected chi connectivity index (χ0v) is 16.8. The van der Waals surface area contributed by atoms with Crippen molar-refractivity contribution in [3.8, 4) is 11.4 Å².